The summed E-state index contributed by atoms with van der Waals surface area (Å²) in [5.41, 5.74) is 7.11. The molecule has 122 valence electrons. The van der Waals surface area contributed by atoms with E-state index < -0.39 is 0 Å². The molecular weight excluding hydrogens is 328 g/mol. The largest absolute Gasteiger partial charge is 0.328 e. The number of hydrogen-bond acceptors (Lipinski definition) is 6. The van der Waals surface area contributed by atoms with Gasteiger partial charge in [0.05, 0.1) is 16.1 Å². The van der Waals surface area contributed by atoms with Crippen molar-refractivity contribution in [1.82, 2.24) is 10.3 Å². The third-order valence-electron chi connectivity index (χ3n) is 4.54. The number of rotatable bonds is 5. The first-order chi connectivity index (χ1) is 11.1. The zero-order valence-electron chi connectivity index (χ0n) is 12.9. The van der Waals surface area contributed by atoms with E-state index in [0.717, 1.165) is 34.1 Å². The van der Waals surface area contributed by atoms with Crippen molar-refractivity contribution in [2.45, 2.75) is 50.2 Å². The summed E-state index contributed by atoms with van der Waals surface area (Å²) < 4.78 is 0. The van der Waals surface area contributed by atoms with Crippen LogP contribution in [0.15, 0.2) is 17.6 Å². The van der Waals surface area contributed by atoms with Gasteiger partial charge < -0.3 is 16.4 Å². The summed E-state index contributed by atoms with van der Waals surface area (Å²) in [5, 5.41) is 10.5. The first-order valence-electron chi connectivity index (χ1n) is 7.92. The van der Waals surface area contributed by atoms with Gasteiger partial charge in [-0.05, 0) is 43.2 Å². The van der Waals surface area contributed by atoms with Crippen LogP contribution in [0.4, 0.5) is 5.00 Å². The lowest BCUT2D eigenvalue weighted by Gasteiger charge is -2.33. The summed E-state index contributed by atoms with van der Waals surface area (Å²) in [7, 11) is 0. The van der Waals surface area contributed by atoms with E-state index in [1.54, 1.807) is 6.20 Å². The fourth-order valence-corrected chi connectivity index (χ4v) is 4.65. The van der Waals surface area contributed by atoms with Crippen molar-refractivity contribution in [3.05, 3.63) is 33.1 Å². The van der Waals surface area contributed by atoms with Crippen LogP contribution >= 0.6 is 22.7 Å². The second-order valence-corrected chi connectivity index (χ2v) is 8.63. The summed E-state index contributed by atoms with van der Waals surface area (Å²) in [6.45, 7) is 1.93. The normalized spacial score (nSPS) is 29.1. The molecule has 0 spiro atoms. The Hall–Kier alpha value is -1.28. The zero-order valence-corrected chi connectivity index (χ0v) is 14.5. The van der Waals surface area contributed by atoms with E-state index in [-0.39, 0.29) is 5.91 Å². The smallest absolute Gasteiger partial charge is 0.266 e. The first kappa shape index (κ1) is 15.3. The molecule has 0 saturated heterocycles. The van der Waals surface area contributed by atoms with Crippen LogP contribution in [0.3, 0.4) is 0 Å². The molecule has 0 aromatic carbocycles. The number of amides is 1. The second-order valence-electron chi connectivity index (χ2n) is 6.49. The van der Waals surface area contributed by atoms with Gasteiger partial charge in [-0.25, -0.2) is 4.98 Å². The predicted octanol–water partition coefficient (Wildman–Crippen LogP) is 2.70. The molecule has 4 N–H and O–H groups in total. The van der Waals surface area contributed by atoms with Crippen LogP contribution in [0.2, 0.25) is 0 Å². The molecule has 0 aliphatic heterocycles. The highest BCUT2D eigenvalue weighted by Gasteiger charge is 2.42. The van der Waals surface area contributed by atoms with Gasteiger partial charge in [0.15, 0.2) is 0 Å². The van der Waals surface area contributed by atoms with Crippen LogP contribution in [-0.2, 0) is 0 Å². The lowest BCUT2D eigenvalue weighted by molar-refractivity contribution is 0.103. The molecule has 0 bridgehead atoms. The number of nitrogens with one attached hydrogen (secondary N) is 2. The maximum atomic E-state index is 12.3. The van der Waals surface area contributed by atoms with Crippen molar-refractivity contribution in [3.63, 3.8) is 0 Å². The van der Waals surface area contributed by atoms with Gasteiger partial charge in [-0.1, -0.05) is 0 Å². The highest BCUT2D eigenvalue weighted by molar-refractivity contribution is 7.16. The standard InChI is InChI=1S/C16H20N4OS2/c1-8-18-6-15(23-8)20-16(21)14-2-9(7-22-14)12-5-13(12)19-11-3-10(17)4-11/h2,6-7,10-13,19H,3-5,17H2,1H3,(H,20,21). The number of hydrogen-bond donors (Lipinski definition) is 3. The Balaban J connectivity index is 1.33. The summed E-state index contributed by atoms with van der Waals surface area (Å²) in [6.07, 6.45) is 5.05. The van der Waals surface area contributed by atoms with Gasteiger partial charge in [-0.2, -0.15) is 0 Å². The summed E-state index contributed by atoms with van der Waals surface area (Å²) in [4.78, 5) is 17.2. The Morgan fingerprint density at radius 3 is 2.91 bits per heavy atom. The SMILES string of the molecule is Cc1ncc(NC(=O)c2cc(C3CC3NC3CC(N)C3)cs2)s1. The van der Waals surface area contributed by atoms with Crippen LogP contribution in [0.5, 0.6) is 0 Å². The van der Waals surface area contributed by atoms with Gasteiger partial charge in [0.1, 0.15) is 5.00 Å². The molecule has 2 aromatic rings. The number of thiophene rings is 1. The van der Waals surface area contributed by atoms with Crippen LogP contribution in [0, 0.1) is 6.92 Å². The molecule has 2 aliphatic carbocycles. The van der Waals surface area contributed by atoms with Gasteiger partial charge in [-0.15, -0.1) is 22.7 Å². The molecule has 2 atom stereocenters. The quantitative estimate of drug-likeness (QED) is 0.776. The number of anilines is 1. The lowest BCUT2D eigenvalue weighted by Crippen LogP contribution is -2.49. The number of thiazole rings is 1. The molecule has 2 fully saturated rings. The highest BCUT2D eigenvalue weighted by Crippen LogP contribution is 2.43. The Morgan fingerprint density at radius 1 is 1.39 bits per heavy atom. The Labute approximate surface area is 143 Å². The van der Waals surface area contributed by atoms with Crippen molar-refractivity contribution >= 4 is 33.6 Å². The maximum absolute atomic E-state index is 12.3. The summed E-state index contributed by atoms with van der Waals surface area (Å²) >= 11 is 3.01. The van der Waals surface area contributed by atoms with Crippen molar-refractivity contribution in [3.8, 4) is 0 Å². The molecule has 1 amide bonds. The number of carbonyl (C=O) groups is 1. The minimum atomic E-state index is -0.0416. The van der Waals surface area contributed by atoms with Crippen molar-refractivity contribution in [2.24, 2.45) is 5.73 Å². The van der Waals surface area contributed by atoms with Crippen LogP contribution < -0.4 is 16.4 Å². The van der Waals surface area contributed by atoms with Crippen LogP contribution in [0.25, 0.3) is 0 Å². The molecule has 23 heavy (non-hydrogen) atoms. The number of aryl methyl sites for hydroxylation is 1. The first-order valence-corrected chi connectivity index (χ1v) is 9.62. The van der Waals surface area contributed by atoms with Gasteiger partial charge in [0.25, 0.3) is 5.91 Å². The minimum absolute atomic E-state index is 0.0416. The zero-order chi connectivity index (χ0) is 16.0. The Bertz CT molecular complexity index is 719. The topological polar surface area (TPSA) is 80.0 Å². The molecule has 4 rings (SSSR count). The van der Waals surface area contributed by atoms with Gasteiger partial charge in [0, 0.05) is 24.0 Å². The molecule has 0 radical (unpaired) electrons. The third kappa shape index (κ3) is 3.33. The average molecular weight is 348 g/mol. The number of carbonyl (C=O) groups excluding carboxylic acids is 1. The molecule has 2 aliphatic rings. The lowest BCUT2D eigenvalue weighted by atomic mass is 9.87. The predicted molar refractivity (Wildman–Crippen MR) is 94.4 cm³/mol. The third-order valence-corrected chi connectivity index (χ3v) is 6.32. The molecular formula is C16H20N4OS2. The summed E-state index contributed by atoms with van der Waals surface area (Å²) in [5.74, 6) is 0.510. The average Bonchev–Trinajstić information content (AvgIpc) is 2.90. The Morgan fingerprint density at radius 2 is 2.22 bits per heavy atom. The molecule has 2 aromatic heterocycles. The Kier molecular flexibility index (Phi) is 3.96. The van der Waals surface area contributed by atoms with Gasteiger partial charge in [0.2, 0.25) is 0 Å². The van der Waals surface area contributed by atoms with Crippen LogP contribution in [-0.4, -0.2) is 29.0 Å². The van der Waals surface area contributed by atoms with E-state index in [1.165, 1.54) is 28.2 Å². The maximum Gasteiger partial charge on any atom is 0.266 e. The fraction of sp³-hybridized carbons (Fsp3) is 0.500. The molecule has 2 saturated carbocycles. The number of nitrogens with zero attached hydrogens (tertiary/aromatic N) is 1. The monoisotopic (exact) mass is 348 g/mol. The van der Waals surface area contributed by atoms with Crippen molar-refractivity contribution in [2.75, 3.05) is 5.32 Å². The van der Waals surface area contributed by atoms with E-state index in [2.05, 4.69) is 21.0 Å². The van der Waals surface area contributed by atoms with E-state index in [0.29, 0.717) is 24.0 Å². The number of aromatic nitrogens is 1. The summed E-state index contributed by atoms with van der Waals surface area (Å²) in [6, 6.07) is 3.57. The van der Waals surface area contributed by atoms with Gasteiger partial charge in [-0.3, -0.25) is 4.79 Å². The molecule has 5 nitrogen and oxygen atoms in total. The van der Waals surface area contributed by atoms with E-state index in [1.807, 2.05) is 13.0 Å². The molecule has 2 heterocycles. The van der Waals surface area contributed by atoms with Gasteiger partial charge >= 0.3 is 0 Å². The van der Waals surface area contributed by atoms with Crippen molar-refractivity contribution < 1.29 is 4.79 Å². The molecule has 7 heteroatoms. The second kappa shape index (κ2) is 5.98. The van der Waals surface area contributed by atoms with E-state index >= 15 is 0 Å². The number of nitrogens with two attached hydrogens (primary N) is 1. The van der Waals surface area contributed by atoms with E-state index in [9.17, 15) is 4.79 Å². The van der Waals surface area contributed by atoms with Crippen LogP contribution in [0.1, 0.15) is 45.4 Å². The highest BCUT2D eigenvalue weighted by atomic mass is 32.1. The van der Waals surface area contributed by atoms with Crippen molar-refractivity contribution in [1.29, 1.82) is 0 Å². The molecule has 2 unspecified atom stereocenters. The fourth-order valence-electron chi connectivity index (χ4n) is 3.11. The van der Waals surface area contributed by atoms with E-state index in [4.69, 9.17) is 5.73 Å². The minimum Gasteiger partial charge on any atom is -0.328 e.